The fourth-order valence-electron chi connectivity index (χ4n) is 3.68. The van der Waals surface area contributed by atoms with Crippen molar-refractivity contribution in [3.8, 4) is 0 Å². The van der Waals surface area contributed by atoms with E-state index in [1.165, 1.54) is 17.2 Å². The number of amides is 3. The molecule has 2 heterocycles. The van der Waals surface area contributed by atoms with E-state index >= 15 is 0 Å². The number of hydrogen-bond acceptors (Lipinski definition) is 4. The van der Waals surface area contributed by atoms with Gasteiger partial charge in [-0.3, -0.25) is 19.4 Å². The van der Waals surface area contributed by atoms with Crippen LogP contribution >= 0.6 is 0 Å². The molecule has 31 heavy (non-hydrogen) atoms. The van der Waals surface area contributed by atoms with Crippen LogP contribution in [0.3, 0.4) is 0 Å². The fourth-order valence-corrected chi connectivity index (χ4v) is 3.68. The Balaban J connectivity index is 1.70. The van der Waals surface area contributed by atoms with Crippen LogP contribution in [-0.4, -0.2) is 53.8 Å². The fraction of sp³-hybridized carbons (Fsp3) is 0.391. The molecule has 7 nitrogen and oxygen atoms in total. The Morgan fingerprint density at radius 2 is 1.81 bits per heavy atom. The maximum absolute atomic E-state index is 14.0. The predicted octanol–water partition coefficient (Wildman–Crippen LogP) is 2.25. The Kier molecular flexibility index (Phi) is 8.09. The minimum absolute atomic E-state index is 0.0416. The lowest BCUT2D eigenvalue weighted by Crippen LogP contribution is -2.43. The van der Waals surface area contributed by atoms with E-state index in [2.05, 4.69) is 15.6 Å². The van der Waals surface area contributed by atoms with E-state index in [1.54, 1.807) is 0 Å². The van der Waals surface area contributed by atoms with Crippen molar-refractivity contribution in [2.45, 2.75) is 31.6 Å². The molecule has 1 aliphatic rings. The summed E-state index contributed by atoms with van der Waals surface area (Å²) in [4.78, 5) is 42.5. The molecule has 3 amide bonds. The Morgan fingerprint density at radius 3 is 2.58 bits per heavy atom. The van der Waals surface area contributed by atoms with Crippen LogP contribution in [0.2, 0.25) is 0 Å². The zero-order valence-electron chi connectivity index (χ0n) is 17.4. The molecule has 1 fully saturated rings. The third-order valence-electron chi connectivity index (χ3n) is 5.36. The maximum atomic E-state index is 14.0. The number of nitrogens with zero attached hydrogens (tertiary/aromatic N) is 2. The van der Waals surface area contributed by atoms with E-state index in [-0.39, 0.29) is 36.4 Å². The Bertz CT molecular complexity index is 907. The highest BCUT2D eigenvalue weighted by atomic mass is 19.1. The summed E-state index contributed by atoms with van der Waals surface area (Å²) in [6, 6.07) is 11.2. The number of pyridine rings is 1. The van der Waals surface area contributed by atoms with Crippen LogP contribution in [0.1, 0.15) is 47.5 Å². The highest BCUT2D eigenvalue weighted by molar-refractivity contribution is 5.96. The summed E-state index contributed by atoms with van der Waals surface area (Å²) in [5.41, 5.74) is 0.999. The van der Waals surface area contributed by atoms with Gasteiger partial charge in [-0.2, -0.15) is 0 Å². The number of hydrogen-bond donors (Lipinski definition) is 2. The summed E-state index contributed by atoms with van der Waals surface area (Å²) in [5, 5.41) is 5.73. The second-order valence-corrected chi connectivity index (χ2v) is 7.57. The van der Waals surface area contributed by atoms with E-state index in [1.807, 2.05) is 30.3 Å². The van der Waals surface area contributed by atoms with Gasteiger partial charge >= 0.3 is 0 Å². The van der Waals surface area contributed by atoms with Crippen molar-refractivity contribution in [2.75, 3.05) is 26.2 Å². The van der Waals surface area contributed by atoms with Crippen LogP contribution in [0.5, 0.6) is 0 Å². The van der Waals surface area contributed by atoms with E-state index in [9.17, 15) is 18.8 Å². The summed E-state index contributed by atoms with van der Waals surface area (Å²) in [6.45, 7) is 0.843. The molecule has 0 aliphatic carbocycles. The highest BCUT2D eigenvalue weighted by Crippen LogP contribution is 2.24. The first-order valence-electron chi connectivity index (χ1n) is 10.5. The van der Waals surface area contributed by atoms with Crippen molar-refractivity contribution >= 4 is 17.7 Å². The second-order valence-electron chi connectivity index (χ2n) is 7.57. The van der Waals surface area contributed by atoms with Crippen LogP contribution < -0.4 is 10.6 Å². The first-order chi connectivity index (χ1) is 15.0. The molecular formula is C23H27FN4O3. The van der Waals surface area contributed by atoms with Gasteiger partial charge in [0.15, 0.2) is 5.82 Å². The van der Waals surface area contributed by atoms with Crippen LogP contribution in [0.15, 0.2) is 48.8 Å². The molecule has 2 N–H and O–H groups in total. The molecule has 0 saturated carbocycles. The molecule has 0 radical (unpaired) electrons. The number of aromatic nitrogens is 1. The third kappa shape index (κ3) is 6.60. The van der Waals surface area contributed by atoms with Crippen molar-refractivity contribution in [1.29, 1.82) is 0 Å². The number of benzene rings is 1. The number of rotatable bonds is 2. The van der Waals surface area contributed by atoms with Gasteiger partial charge in [0.05, 0.1) is 18.3 Å². The normalized spacial score (nSPS) is 19.1. The highest BCUT2D eigenvalue weighted by Gasteiger charge is 2.22. The largest absolute Gasteiger partial charge is 0.356 e. The number of carbonyl (C=O) groups excluding carboxylic acids is 3. The SMILES string of the molecule is O=C1CCC(c2ccccc2)CCNC(=O)CN(C(=O)c2ccncc2F)CCCN1. The molecule has 0 spiro atoms. The van der Waals surface area contributed by atoms with Gasteiger partial charge in [0.2, 0.25) is 11.8 Å². The predicted molar refractivity (Wildman–Crippen MR) is 114 cm³/mol. The molecule has 8 heteroatoms. The monoisotopic (exact) mass is 426 g/mol. The molecule has 1 aliphatic heterocycles. The van der Waals surface area contributed by atoms with E-state index < -0.39 is 11.7 Å². The lowest BCUT2D eigenvalue weighted by Gasteiger charge is -2.24. The molecule has 1 atom stereocenters. The van der Waals surface area contributed by atoms with Crippen LogP contribution in [0.4, 0.5) is 4.39 Å². The molecular weight excluding hydrogens is 399 g/mol. The van der Waals surface area contributed by atoms with Crippen LogP contribution in [0, 0.1) is 5.82 Å². The Hall–Kier alpha value is -3.29. The molecule has 2 aromatic rings. The molecule has 3 rings (SSSR count). The summed E-state index contributed by atoms with van der Waals surface area (Å²) in [5.74, 6) is -1.50. The zero-order chi connectivity index (χ0) is 22.1. The lowest BCUT2D eigenvalue weighted by atomic mass is 9.91. The average Bonchev–Trinajstić information content (AvgIpc) is 2.78. The summed E-state index contributed by atoms with van der Waals surface area (Å²) < 4.78 is 14.0. The van der Waals surface area contributed by atoms with Crippen molar-refractivity contribution in [2.24, 2.45) is 0 Å². The smallest absolute Gasteiger partial charge is 0.257 e. The van der Waals surface area contributed by atoms with Gasteiger partial charge in [-0.1, -0.05) is 30.3 Å². The van der Waals surface area contributed by atoms with Crippen LogP contribution in [-0.2, 0) is 9.59 Å². The summed E-state index contributed by atoms with van der Waals surface area (Å²) >= 11 is 0. The van der Waals surface area contributed by atoms with E-state index in [0.29, 0.717) is 38.8 Å². The molecule has 164 valence electrons. The van der Waals surface area contributed by atoms with Gasteiger partial charge in [-0.05, 0) is 36.8 Å². The minimum Gasteiger partial charge on any atom is -0.356 e. The molecule has 1 aromatic heterocycles. The number of carbonyl (C=O) groups is 3. The molecule has 1 saturated heterocycles. The van der Waals surface area contributed by atoms with Gasteiger partial charge in [-0.25, -0.2) is 4.39 Å². The second kappa shape index (κ2) is 11.2. The van der Waals surface area contributed by atoms with E-state index in [0.717, 1.165) is 11.8 Å². The summed E-state index contributed by atoms with van der Waals surface area (Å²) in [6.07, 6.45) is 4.53. The van der Waals surface area contributed by atoms with Gasteiger partial charge in [0.25, 0.3) is 5.91 Å². The number of halogens is 1. The van der Waals surface area contributed by atoms with Crippen molar-refractivity contribution in [3.05, 3.63) is 65.7 Å². The summed E-state index contributed by atoms with van der Waals surface area (Å²) in [7, 11) is 0. The van der Waals surface area contributed by atoms with Gasteiger partial charge < -0.3 is 15.5 Å². The average molecular weight is 426 g/mol. The first-order valence-corrected chi connectivity index (χ1v) is 10.5. The van der Waals surface area contributed by atoms with Crippen molar-refractivity contribution in [1.82, 2.24) is 20.5 Å². The molecule has 1 aromatic carbocycles. The minimum atomic E-state index is -0.730. The topological polar surface area (TPSA) is 91.4 Å². The Labute approximate surface area is 181 Å². The molecule has 0 bridgehead atoms. The standard InChI is InChI=1S/C23H27FN4O3/c24-20-15-25-12-10-19(20)23(31)28-14-4-11-26-21(29)8-7-18(9-13-27-22(30)16-28)17-5-2-1-3-6-17/h1-3,5-6,10,12,15,18H,4,7-9,11,13-14,16H2,(H,26,29)(H,27,30). The quantitative estimate of drug-likeness (QED) is 0.771. The Morgan fingerprint density at radius 1 is 1.03 bits per heavy atom. The van der Waals surface area contributed by atoms with Crippen molar-refractivity contribution < 1.29 is 18.8 Å². The van der Waals surface area contributed by atoms with E-state index in [4.69, 9.17) is 0 Å². The lowest BCUT2D eigenvalue weighted by molar-refractivity contribution is -0.123. The maximum Gasteiger partial charge on any atom is 0.257 e. The number of nitrogens with one attached hydrogen (secondary N) is 2. The van der Waals surface area contributed by atoms with Crippen LogP contribution in [0.25, 0.3) is 0 Å². The zero-order valence-corrected chi connectivity index (χ0v) is 17.4. The van der Waals surface area contributed by atoms with Crippen molar-refractivity contribution in [3.63, 3.8) is 0 Å². The van der Waals surface area contributed by atoms with Gasteiger partial charge in [0, 0.05) is 32.3 Å². The van der Waals surface area contributed by atoms with Gasteiger partial charge in [0.1, 0.15) is 0 Å². The first kappa shape index (κ1) is 22.4. The molecule has 1 unspecified atom stereocenters. The van der Waals surface area contributed by atoms with Gasteiger partial charge in [-0.15, -0.1) is 0 Å². The third-order valence-corrected chi connectivity index (χ3v) is 5.36.